The van der Waals surface area contributed by atoms with Crippen LogP contribution in [0.5, 0.6) is 0 Å². The SMILES string of the molecule is CN/N=C(\N)c1cc(N(C)/C(C)=C\C(OCc2ncc(F)cc2F)=C(\Cl)C=O)c(C)cn1. The molecule has 170 valence electrons. The number of carbonyl (C=O) groups is 1. The van der Waals surface area contributed by atoms with Crippen LogP contribution in [0.25, 0.3) is 0 Å². The van der Waals surface area contributed by atoms with E-state index in [0.29, 0.717) is 23.7 Å². The maximum Gasteiger partial charge on any atom is 0.169 e. The third-order valence-electron chi connectivity index (χ3n) is 4.39. The Bertz CT molecular complexity index is 1090. The number of nitrogens with two attached hydrogens (primary N) is 1. The summed E-state index contributed by atoms with van der Waals surface area (Å²) in [6, 6.07) is 2.45. The van der Waals surface area contributed by atoms with Crippen LogP contribution in [0.4, 0.5) is 14.5 Å². The lowest BCUT2D eigenvalue weighted by atomic mass is 10.2. The van der Waals surface area contributed by atoms with Gasteiger partial charge in [-0.25, -0.2) is 8.78 Å². The van der Waals surface area contributed by atoms with Gasteiger partial charge in [-0.05, 0) is 25.5 Å². The maximum absolute atomic E-state index is 13.8. The van der Waals surface area contributed by atoms with Crippen LogP contribution in [0.15, 0.2) is 52.2 Å². The summed E-state index contributed by atoms with van der Waals surface area (Å²) >= 11 is 5.99. The number of aldehydes is 1. The van der Waals surface area contributed by atoms with Gasteiger partial charge in [0.1, 0.15) is 34.6 Å². The smallest absolute Gasteiger partial charge is 0.169 e. The monoisotopic (exact) mass is 464 g/mol. The first kappa shape index (κ1) is 24.7. The molecule has 0 radical (unpaired) electrons. The number of aromatic nitrogens is 2. The summed E-state index contributed by atoms with van der Waals surface area (Å²) in [6.07, 6.45) is 4.44. The van der Waals surface area contributed by atoms with Crippen molar-refractivity contribution >= 4 is 29.4 Å². The third-order valence-corrected chi connectivity index (χ3v) is 4.66. The van der Waals surface area contributed by atoms with Crippen LogP contribution in [0.3, 0.4) is 0 Å². The Morgan fingerprint density at radius 2 is 2.06 bits per heavy atom. The van der Waals surface area contributed by atoms with Gasteiger partial charge in [-0.15, -0.1) is 0 Å². The number of ether oxygens (including phenoxy) is 1. The standard InChI is InChI=1S/C21H23ClF2N6O2/c1-12-8-27-17(21(25)29-26-3)7-19(12)30(4)13(2)5-20(15(22)10-31)32-11-18-16(24)6-14(23)9-28-18/h5-10,26H,11H2,1-4H3,(H2,25,29)/b13-5-,20-15-. The first-order valence-corrected chi connectivity index (χ1v) is 9.72. The van der Waals surface area contributed by atoms with E-state index in [-0.39, 0.29) is 28.9 Å². The van der Waals surface area contributed by atoms with E-state index in [1.165, 1.54) is 6.08 Å². The van der Waals surface area contributed by atoms with Gasteiger partial charge in [0.2, 0.25) is 0 Å². The molecule has 2 rings (SSSR count). The number of nitrogens with one attached hydrogen (secondary N) is 1. The molecule has 2 aromatic heterocycles. The normalized spacial score (nSPS) is 12.8. The quantitative estimate of drug-likeness (QED) is 0.112. The maximum atomic E-state index is 13.8. The van der Waals surface area contributed by atoms with Gasteiger partial charge in [0.05, 0.1) is 6.20 Å². The highest BCUT2D eigenvalue weighted by molar-refractivity contribution is 6.39. The minimum Gasteiger partial charge on any atom is -0.485 e. The molecular formula is C21H23ClF2N6O2. The summed E-state index contributed by atoms with van der Waals surface area (Å²) in [4.78, 5) is 21.0. The topological polar surface area (TPSA) is 106 Å². The Hall–Kier alpha value is -3.53. The Morgan fingerprint density at radius 3 is 2.69 bits per heavy atom. The van der Waals surface area contributed by atoms with Crippen molar-refractivity contribution in [3.63, 3.8) is 0 Å². The molecule has 0 aromatic carbocycles. The molecule has 32 heavy (non-hydrogen) atoms. The third kappa shape index (κ3) is 6.24. The van der Waals surface area contributed by atoms with Gasteiger partial charge in [0.25, 0.3) is 0 Å². The van der Waals surface area contributed by atoms with Gasteiger partial charge in [-0.2, -0.15) is 5.10 Å². The molecule has 0 unspecified atom stereocenters. The number of rotatable bonds is 9. The van der Waals surface area contributed by atoms with Crippen molar-refractivity contribution in [1.29, 1.82) is 0 Å². The first-order valence-electron chi connectivity index (χ1n) is 9.34. The lowest BCUT2D eigenvalue weighted by Crippen LogP contribution is -2.21. The van der Waals surface area contributed by atoms with E-state index in [0.717, 1.165) is 17.4 Å². The van der Waals surface area contributed by atoms with Crippen molar-refractivity contribution in [3.05, 3.63) is 75.7 Å². The molecule has 8 nitrogen and oxygen atoms in total. The molecule has 11 heteroatoms. The van der Waals surface area contributed by atoms with E-state index in [9.17, 15) is 13.6 Å². The molecule has 0 fully saturated rings. The number of nitrogens with zero attached hydrogens (tertiary/aromatic N) is 4. The summed E-state index contributed by atoms with van der Waals surface area (Å²) in [7, 11) is 3.41. The highest BCUT2D eigenvalue weighted by atomic mass is 35.5. The van der Waals surface area contributed by atoms with Gasteiger partial charge in [0, 0.05) is 43.8 Å². The molecule has 0 saturated heterocycles. The molecular weight excluding hydrogens is 442 g/mol. The largest absolute Gasteiger partial charge is 0.485 e. The molecule has 0 bridgehead atoms. The van der Waals surface area contributed by atoms with E-state index in [4.69, 9.17) is 22.1 Å². The van der Waals surface area contributed by atoms with E-state index >= 15 is 0 Å². The molecule has 0 aliphatic heterocycles. The molecule has 2 aromatic rings. The second-order valence-corrected chi connectivity index (χ2v) is 7.03. The summed E-state index contributed by atoms with van der Waals surface area (Å²) in [5.41, 5.74) is 11.1. The minimum atomic E-state index is -0.870. The van der Waals surface area contributed by atoms with Gasteiger partial charge in [0.15, 0.2) is 17.9 Å². The van der Waals surface area contributed by atoms with E-state index < -0.39 is 11.6 Å². The number of hydrogen-bond donors (Lipinski definition) is 2. The summed E-state index contributed by atoms with van der Waals surface area (Å²) in [6.45, 7) is 3.28. The Morgan fingerprint density at radius 1 is 1.34 bits per heavy atom. The summed E-state index contributed by atoms with van der Waals surface area (Å²) in [5, 5.41) is 3.70. The van der Waals surface area contributed by atoms with Crippen molar-refractivity contribution in [1.82, 2.24) is 15.4 Å². The zero-order valence-corrected chi connectivity index (χ0v) is 18.7. The molecule has 0 aliphatic rings. The number of allylic oxidation sites excluding steroid dienone is 3. The number of halogens is 3. The predicted octanol–water partition coefficient (Wildman–Crippen LogP) is 3.11. The number of anilines is 1. The van der Waals surface area contributed by atoms with Gasteiger partial charge < -0.3 is 20.8 Å². The van der Waals surface area contributed by atoms with E-state index in [2.05, 4.69) is 20.5 Å². The van der Waals surface area contributed by atoms with E-state index in [1.54, 1.807) is 33.3 Å². The van der Waals surface area contributed by atoms with Gasteiger partial charge >= 0.3 is 0 Å². The van der Waals surface area contributed by atoms with Crippen LogP contribution in [0.1, 0.15) is 23.9 Å². The van der Waals surface area contributed by atoms with Crippen molar-refractivity contribution in [2.75, 3.05) is 19.0 Å². The van der Waals surface area contributed by atoms with Crippen LogP contribution in [0.2, 0.25) is 0 Å². The first-order chi connectivity index (χ1) is 15.2. The average molecular weight is 465 g/mol. The number of amidine groups is 1. The Balaban J connectivity index is 2.33. The zero-order chi connectivity index (χ0) is 23.8. The summed E-state index contributed by atoms with van der Waals surface area (Å²) < 4.78 is 32.4. The van der Waals surface area contributed by atoms with Crippen molar-refractivity contribution < 1.29 is 18.3 Å². The van der Waals surface area contributed by atoms with Crippen LogP contribution in [0, 0.1) is 18.6 Å². The number of hydrogen-bond acceptors (Lipinski definition) is 7. The van der Waals surface area contributed by atoms with E-state index in [1.807, 2.05) is 11.8 Å². The predicted molar refractivity (Wildman–Crippen MR) is 119 cm³/mol. The molecule has 0 amide bonds. The van der Waals surface area contributed by atoms with Crippen LogP contribution >= 0.6 is 11.6 Å². The van der Waals surface area contributed by atoms with Crippen molar-refractivity contribution in [2.45, 2.75) is 20.5 Å². The number of carbonyl (C=O) groups excluding carboxylic acids is 1. The minimum absolute atomic E-state index is 0.000247. The Labute approximate surface area is 189 Å². The summed E-state index contributed by atoms with van der Waals surface area (Å²) in [5.74, 6) is -1.46. The second kappa shape index (κ2) is 11.2. The number of hydrazone groups is 1. The zero-order valence-electron chi connectivity index (χ0n) is 18.0. The van der Waals surface area contributed by atoms with Gasteiger partial charge in [-0.1, -0.05) is 11.6 Å². The fourth-order valence-electron chi connectivity index (χ4n) is 2.60. The van der Waals surface area contributed by atoms with Crippen molar-refractivity contribution in [3.8, 4) is 0 Å². The molecule has 0 saturated carbocycles. The Kier molecular flexibility index (Phi) is 8.65. The fraction of sp³-hybridized carbons (Fsp3) is 0.238. The molecule has 2 heterocycles. The van der Waals surface area contributed by atoms with Crippen molar-refractivity contribution in [2.24, 2.45) is 10.8 Å². The molecule has 0 spiro atoms. The average Bonchev–Trinajstić information content (AvgIpc) is 2.76. The van der Waals surface area contributed by atoms with Gasteiger partial charge in [-0.3, -0.25) is 14.8 Å². The number of pyridine rings is 2. The molecule has 3 N–H and O–H groups in total. The lowest BCUT2D eigenvalue weighted by molar-refractivity contribution is -0.104. The van der Waals surface area contributed by atoms with Crippen LogP contribution < -0.4 is 16.1 Å². The molecule has 0 atom stereocenters. The van der Waals surface area contributed by atoms with Crippen LogP contribution in [-0.2, 0) is 16.1 Å². The highest BCUT2D eigenvalue weighted by Crippen LogP contribution is 2.24. The second-order valence-electron chi connectivity index (χ2n) is 6.62. The number of aryl methyl sites for hydroxylation is 1. The van der Waals surface area contributed by atoms with Crippen LogP contribution in [-0.4, -0.2) is 36.2 Å². The molecule has 0 aliphatic carbocycles. The highest BCUT2D eigenvalue weighted by Gasteiger charge is 2.14. The lowest BCUT2D eigenvalue weighted by Gasteiger charge is -2.23. The fourth-order valence-corrected chi connectivity index (χ4v) is 2.71.